The van der Waals surface area contributed by atoms with Gasteiger partial charge in [0.1, 0.15) is 0 Å². The van der Waals surface area contributed by atoms with Gasteiger partial charge in [0.2, 0.25) is 0 Å². The van der Waals surface area contributed by atoms with Crippen LogP contribution < -0.4 is 10.6 Å². The molecule has 1 spiro atoms. The Morgan fingerprint density at radius 3 is 2.81 bits per heavy atom. The van der Waals surface area contributed by atoms with Gasteiger partial charge in [0.15, 0.2) is 5.96 Å². The Hall–Kier alpha value is -0.120. The van der Waals surface area contributed by atoms with Gasteiger partial charge < -0.3 is 24.8 Å². The average Bonchev–Trinajstić information content (AvgIpc) is 3.40. The Morgan fingerprint density at radius 2 is 2.07 bits per heavy atom. The molecule has 4 atom stereocenters. The van der Waals surface area contributed by atoms with E-state index < -0.39 is 0 Å². The van der Waals surface area contributed by atoms with Crippen molar-refractivity contribution >= 4 is 29.9 Å². The number of aliphatic imine (C=N–C) groups is 1. The molecule has 27 heavy (non-hydrogen) atoms. The summed E-state index contributed by atoms with van der Waals surface area (Å²) >= 11 is 0. The molecule has 4 aliphatic rings. The number of halogens is 1. The second-order valence-corrected chi connectivity index (χ2v) is 8.46. The quantitative estimate of drug-likeness (QED) is 0.247. The third-order valence-corrected chi connectivity index (χ3v) is 6.94. The highest BCUT2D eigenvalue weighted by Crippen LogP contribution is 2.60. The topological polar surface area (TPSA) is 64.1 Å². The van der Waals surface area contributed by atoms with Gasteiger partial charge in [0.25, 0.3) is 0 Å². The fourth-order valence-electron chi connectivity index (χ4n) is 5.59. The van der Waals surface area contributed by atoms with Crippen molar-refractivity contribution in [2.75, 3.05) is 46.6 Å². The maximum atomic E-state index is 6.08. The van der Waals surface area contributed by atoms with Gasteiger partial charge in [0.05, 0.1) is 19.3 Å². The van der Waals surface area contributed by atoms with E-state index in [1.165, 1.54) is 32.1 Å². The number of hydrogen-bond donors (Lipinski definition) is 2. The summed E-state index contributed by atoms with van der Waals surface area (Å²) in [6.07, 6.45) is 9.14. The fraction of sp³-hybridized carbons (Fsp3) is 0.950. The zero-order valence-corrected chi connectivity index (χ0v) is 18.9. The Morgan fingerprint density at radius 1 is 1.22 bits per heavy atom. The minimum atomic E-state index is 0. The molecule has 0 radical (unpaired) electrons. The number of rotatable bonds is 7. The van der Waals surface area contributed by atoms with Crippen LogP contribution in [0.2, 0.25) is 0 Å². The van der Waals surface area contributed by atoms with Crippen LogP contribution in [0.4, 0.5) is 0 Å². The van der Waals surface area contributed by atoms with Crippen LogP contribution in [0.15, 0.2) is 4.99 Å². The van der Waals surface area contributed by atoms with Crippen molar-refractivity contribution in [3.05, 3.63) is 0 Å². The predicted molar refractivity (Wildman–Crippen MR) is 117 cm³/mol. The fourth-order valence-corrected chi connectivity index (χ4v) is 5.59. The Labute approximate surface area is 180 Å². The molecule has 2 N–H and O–H groups in total. The molecule has 4 unspecified atom stereocenters. The van der Waals surface area contributed by atoms with Crippen molar-refractivity contribution < 1.29 is 14.2 Å². The second-order valence-electron chi connectivity index (χ2n) is 8.46. The molecule has 2 aliphatic carbocycles. The average molecular weight is 493 g/mol. The van der Waals surface area contributed by atoms with Gasteiger partial charge in [-0.2, -0.15) is 0 Å². The predicted octanol–water partition coefficient (Wildman–Crippen LogP) is 2.56. The number of guanidine groups is 1. The highest BCUT2D eigenvalue weighted by Gasteiger charge is 2.65. The van der Waals surface area contributed by atoms with Gasteiger partial charge in [-0.3, -0.25) is 4.99 Å². The van der Waals surface area contributed by atoms with E-state index in [2.05, 4.69) is 15.6 Å². The molecule has 4 rings (SSSR count). The van der Waals surface area contributed by atoms with Gasteiger partial charge >= 0.3 is 0 Å². The zero-order chi connectivity index (χ0) is 17.8. The molecule has 0 aromatic heterocycles. The van der Waals surface area contributed by atoms with Crippen LogP contribution >= 0.6 is 24.0 Å². The number of ether oxygens (including phenoxy) is 3. The number of nitrogens with one attached hydrogen (secondary N) is 2. The van der Waals surface area contributed by atoms with Gasteiger partial charge in [-0.15, -0.1) is 24.0 Å². The monoisotopic (exact) mass is 493 g/mol. The summed E-state index contributed by atoms with van der Waals surface area (Å²) in [5.74, 6) is 2.21. The van der Waals surface area contributed by atoms with E-state index >= 15 is 0 Å². The molecule has 156 valence electrons. The minimum Gasteiger partial charge on any atom is -0.381 e. The lowest BCUT2D eigenvalue weighted by Gasteiger charge is -2.57. The summed E-state index contributed by atoms with van der Waals surface area (Å²) in [5, 5.41) is 7.22. The van der Waals surface area contributed by atoms with Gasteiger partial charge in [-0.25, -0.2) is 0 Å². The van der Waals surface area contributed by atoms with E-state index in [1.807, 2.05) is 7.05 Å². The van der Waals surface area contributed by atoms with E-state index in [1.54, 1.807) is 0 Å². The van der Waals surface area contributed by atoms with Crippen LogP contribution in [0.25, 0.3) is 0 Å². The molecule has 2 aliphatic heterocycles. The zero-order valence-electron chi connectivity index (χ0n) is 16.6. The van der Waals surface area contributed by atoms with E-state index in [9.17, 15) is 0 Å². The second kappa shape index (κ2) is 10.1. The van der Waals surface area contributed by atoms with Gasteiger partial charge in [-0.1, -0.05) is 12.8 Å². The highest BCUT2D eigenvalue weighted by atomic mass is 127. The molecule has 0 amide bonds. The van der Waals surface area contributed by atoms with E-state index in [0.717, 1.165) is 58.4 Å². The summed E-state index contributed by atoms with van der Waals surface area (Å²) in [6, 6.07) is 0.530. The molecular formula is C20H36IN3O3. The first-order valence-electron chi connectivity index (χ1n) is 10.6. The summed E-state index contributed by atoms with van der Waals surface area (Å²) in [4.78, 5) is 4.46. The van der Waals surface area contributed by atoms with Crippen LogP contribution in [0, 0.1) is 17.3 Å². The molecule has 2 heterocycles. The molecule has 6 nitrogen and oxygen atoms in total. The Balaban J connectivity index is 0.00000210. The van der Waals surface area contributed by atoms with Crippen LogP contribution in [-0.2, 0) is 14.2 Å². The maximum absolute atomic E-state index is 6.08. The largest absolute Gasteiger partial charge is 0.381 e. The van der Waals surface area contributed by atoms with Crippen LogP contribution in [0.1, 0.15) is 44.9 Å². The molecule has 0 aromatic rings. The van der Waals surface area contributed by atoms with Crippen molar-refractivity contribution in [1.82, 2.24) is 10.6 Å². The summed E-state index contributed by atoms with van der Waals surface area (Å²) in [7, 11) is 1.87. The van der Waals surface area contributed by atoms with Gasteiger partial charge in [-0.05, 0) is 32.1 Å². The minimum absolute atomic E-state index is 0. The molecule has 2 saturated carbocycles. The first-order chi connectivity index (χ1) is 12.8. The van der Waals surface area contributed by atoms with Crippen molar-refractivity contribution in [2.45, 2.75) is 57.1 Å². The SMILES string of the molecule is CN=C(NCCCOCC1CCOC1)NC1C2CCOC2C12CCCC2.I. The normalized spacial score (nSPS) is 34.2. The first kappa shape index (κ1) is 21.6. The molecule has 0 aromatic carbocycles. The third kappa shape index (κ3) is 4.56. The summed E-state index contributed by atoms with van der Waals surface area (Å²) in [6.45, 7) is 5.22. The summed E-state index contributed by atoms with van der Waals surface area (Å²) < 4.78 is 17.2. The maximum Gasteiger partial charge on any atom is 0.191 e. The first-order valence-corrected chi connectivity index (χ1v) is 10.6. The van der Waals surface area contributed by atoms with E-state index in [4.69, 9.17) is 14.2 Å². The van der Waals surface area contributed by atoms with Crippen molar-refractivity contribution in [3.8, 4) is 0 Å². The van der Waals surface area contributed by atoms with E-state index in [-0.39, 0.29) is 24.0 Å². The van der Waals surface area contributed by atoms with Gasteiger partial charge in [0, 0.05) is 56.7 Å². The highest BCUT2D eigenvalue weighted by molar-refractivity contribution is 14.0. The molecule has 7 heteroatoms. The van der Waals surface area contributed by atoms with Crippen LogP contribution in [-0.4, -0.2) is 64.7 Å². The molecule has 0 bridgehead atoms. The van der Waals surface area contributed by atoms with Crippen molar-refractivity contribution in [3.63, 3.8) is 0 Å². The number of fused-ring (bicyclic) bond motifs is 2. The standard InChI is InChI=1S/C20H35N3O3.HI/c1-21-19(22-9-4-10-24-13-15-5-11-25-14-15)23-17-16-6-12-26-18(16)20(17)7-2-3-8-20;/h15-18H,2-14H2,1H3,(H2,21,22,23);1H. The summed E-state index contributed by atoms with van der Waals surface area (Å²) in [5.41, 5.74) is 0.366. The Kier molecular flexibility index (Phi) is 8.05. The number of hydrogen-bond acceptors (Lipinski definition) is 4. The van der Waals surface area contributed by atoms with Crippen LogP contribution in [0.5, 0.6) is 0 Å². The lowest BCUT2D eigenvalue weighted by molar-refractivity contribution is -0.125. The number of nitrogens with zero attached hydrogens (tertiary/aromatic N) is 1. The lowest BCUT2D eigenvalue weighted by Crippen LogP contribution is -2.69. The molecule has 4 fully saturated rings. The molecular weight excluding hydrogens is 457 g/mol. The van der Waals surface area contributed by atoms with Crippen LogP contribution in [0.3, 0.4) is 0 Å². The Bertz CT molecular complexity index is 493. The lowest BCUT2D eigenvalue weighted by atomic mass is 9.54. The van der Waals surface area contributed by atoms with E-state index in [0.29, 0.717) is 29.4 Å². The smallest absolute Gasteiger partial charge is 0.191 e. The molecule has 2 saturated heterocycles. The third-order valence-electron chi connectivity index (χ3n) is 6.94. The van der Waals surface area contributed by atoms with Crippen molar-refractivity contribution in [2.24, 2.45) is 22.2 Å². The van der Waals surface area contributed by atoms with Crippen molar-refractivity contribution in [1.29, 1.82) is 0 Å².